The molecule has 1 N–H and O–H groups in total. The number of para-hydroxylation sites is 2. The molecule has 8 nitrogen and oxygen atoms in total. The summed E-state index contributed by atoms with van der Waals surface area (Å²) in [6.07, 6.45) is 3.20. The quantitative estimate of drug-likeness (QED) is 0.559. The van der Waals surface area contributed by atoms with Crippen LogP contribution in [0.2, 0.25) is 0 Å². The molecule has 0 saturated carbocycles. The molecule has 0 aliphatic heterocycles. The summed E-state index contributed by atoms with van der Waals surface area (Å²) in [6.45, 7) is 4.68. The Morgan fingerprint density at radius 2 is 2.00 bits per heavy atom. The number of carbonyl (C=O) groups excluding carboxylic acids is 1. The largest absolute Gasteiger partial charge is 0.490 e. The minimum Gasteiger partial charge on any atom is -0.490 e. The molecule has 152 valence electrons. The minimum absolute atomic E-state index is 0.123. The van der Waals surface area contributed by atoms with Crippen LogP contribution in [0.15, 0.2) is 47.1 Å². The number of nitrogens with zero attached hydrogens (tertiary/aromatic N) is 3. The first-order valence-electron chi connectivity index (χ1n) is 9.55. The highest BCUT2D eigenvalue weighted by molar-refractivity contribution is 5.76. The van der Waals surface area contributed by atoms with Crippen LogP contribution < -0.4 is 14.8 Å². The maximum absolute atomic E-state index is 12.2. The summed E-state index contributed by atoms with van der Waals surface area (Å²) in [4.78, 5) is 20.6. The lowest BCUT2D eigenvalue weighted by atomic mass is 10.2. The number of amides is 1. The van der Waals surface area contributed by atoms with Gasteiger partial charge in [-0.2, -0.15) is 4.98 Å². The zero-order valence-electron chi connectivity index (χ0n) is 16.6. The summed E-state index contributed by atoms with van der Waals surface area (Å²) in [5.41, 5.74) is 0.764. The molecule has 3 rings (SSSR count). The van der Waals surface area contributed by atoms with Crippen LogP contribution in [0.5, 0.6) is 17.4 Å². The number of ether oxygens (including phenoxy) is 2. The van der Waals surface area contributed by atoms with E-state index in [0.717, 1.165) is 12.0 Å². The first kappa shape index (κ1) is 20.3. The summed E-state index contributed by atoms with van der Waals surface area (Å²) in [7, 11) is 0. The highest BCUT2D eigenvalue weighted by Gasteiger charge is 2.12. The van der Waals surface area contributed by atoms with Crippen LogP contribution in [0, 0.1) is 6.92 Å². The molecule has 2 heterocycles. The van der Waals surface area contributed by atoms with Crippen molar-refractivity contribution in [1.29, 1.82) is 0 Å². The predicted molar refractivity (Wildman–Crippen MR) is 106 cm³/mol. The Hall–Kier alpha value is -3.42. The van der Waals surface area contributed by atoms with E-state index in [0.29, 0.717) is 48.7 Å². The first-order chi connectivity index (χ1) is 14.2. The van der Waals surface area contributed by atoms with Gasteiger partial charge in [0.2, 0.25) is 17.7 Å². The van der Waals surface area contributed by atoms with Gasteiger partial charge in [0.1, 0.15) is 0 Å². The number of aryl methyl sites for hydroxylation is 2. The number of nitrogens with one attached hydrogen (secondary N) is 1. The zero-order chi connectivity index (χ0) is 20.5. The lowest BCUT2D eigenvalue weighted by Gasteiger charge is -2.14. The average Bonchev–Trinajstić information content (AvgIpc) is 3.16. The van der Waals surface area contributed by atoms with Crippen LogP contribution in [-0.2, 0) is 17.8 Å². The Bertz CT molecular complexity index is 942. The molecule has 0 unspecified atom stereocenters. The number of carbonyl (C=O) groups is 1. The van der Waals surface area contributed by atoms with E-state index in [1.165, 1.54) is 0 Å². The van der Waals surface area contributed by atoms with Crippen LogP contribution in [0.3, 0.4) is 0 Å². The molecular formula is C21H24N4O4. The van der Waals surface area contributed by atoms with Gasteiger partial charge in [0.25, 0.3) is 0 Å². The first-order valence-corrected chi connectivity index (χ1v) is 9.55. The molecule has 0 radical (unpaired) electrons. The van der Waals surface area contributed by atoms with Crippen molar-refractivity contribution in [3.63, 3.8) is 0 Å². The van der Waals surface area contributed by atoms with Crippen LogP contribution in [0.1, 0.15) is 37.0 Å². The fraction of sp³-hybridized carbons (Fsp3) is 0.333. The summed E-state index contributed by atoms with van der Waals surface area (Å²) >= 11 is 0. The molecule has 0 aliphatic rings. The van der Waals surface area contributed by atoms with Crippen LogP contribution >= 0.6 is 0 Å². The van der Waals surface area contributed by atoms with Crippen molar-refractivity contribution >= 4 is 5.91 Å². The van der Waals surface area contributed by atoms with Crippen molar-refractivity contribution in [1.82, 2.24) is 20.4 Å². The normalized spacial score (nSPS) is 10.6. The molecule has 1 aromatic carbocycles. The minimum atomic E-state index is -0.123. The van der Waals surface area contributed by atoms with Gasteiger partial charge in [-0.1, -0.05) is 30.3 Å². The lowest BCUT2D eigenvalue weighted by Crippen LogP contribution is -2.23. The smallest absolute Gasteiger partial charge is 0.227 e. The van der Waals surface area contributed by atoms with Gasteiger partial charge >= 0.3 is 0 Å². The number of hydrogen-bond donors (Lipinski definition) is 1. The third kappa shape index (κ3) is 6.03. The summed E-state index contributed by atoms with van der Waals surface area (Å²) < 4.78 is 16.7. The monoisotopic (exact) mass is 396 g/mol. The van der Waals surface area contributed by atoms with E-state index < -0.39 is 0 Å². The van der Waals surface area contributed by atoms with Crippen molar-refractivity contribution in [2.45, 2.75) is 39.7 Å². The van der Waals surface area contributed by atoms with Crippen LogP contribution in [0.25, 0.3) is 0 Å². The van der Waals surface area contributed by atoms with Gasteiger partial charge in [0, 0.05) is 31.1 Å². The summed E-state index contributed by atoms with van der Waals surface area (Å²) in [5, 5.41) is 6.58. The van der Waals surface area contributed by atoms with E-state index in [2.05, 4.69) is 20.4 Å². The Morgan fingerprint density at radius 1 is 1.17 bits per heavy atom. The zero-order valence-corrected chi connectivity index (χ0v) is 16.6. The number of hydrogen-bond acceptors (Lipinski definition) is 7. The lowest BCUT2D eigenvalue weighted by molar-refractivity contribution is -0.121. The third-order valence-electron chi connectivity index (χ3n) is 3.98. The average molecular weight is 396 g/mol. The molecule has 0 bridgehead atoms. The molecule has 3 aromatic rings. The highest BCUT2D eigenvalue weighted by Crippen LogP contribution is 2.31. The number of pyridine rings is 1. The molecule has 2 aromatic heterocycles. The van der Waals surface area contributed by atoms with E-state index in [1.807, 2.05) is 37.3 Å². The van der Waals surface area contributed by atoms with Crippen molar-refractivity contribution in [3.8, 4) is 17.4 Å². The third-order valence-corrected chi connectivity index (χ3v) is 3.98. The second-order valence-electron chi connectivity index (χ2n) is 6.38. The molecule has 0 fully saturated rings. The molecule has 29 heavy (non-hydrogen) atoms. The van der Waals surface area contributed by atoms with E-state index in [1.54, 1.807) is 19.2 Å². The van der Waals surface area contributed by atoms with E-state index >= 15 is 0 Å². The second kappa shape index (κ2) is 10.2. The Labute approximate surface area is 169 Å². The SMILES string of the molecule is CCCOc1ccccc1Oc1ncccc1CNC(=O)CCc1nc(C)no1. The van der Waals surface area contributed by atoms with E-state index in [9.17, 15) is 4.79 Å². The van der Waals surface area contributed by atoms with Crippen molar-refractivity contribution in [2.75, 3.05) is 6.61 Å². The summed E-state index contributed by atoms with van der Waals surface area (Å²) in [6, 6.07) is 11.1. The van der Waals surface area contributed by atoms with Crippen molar-refractivity contribution in [2.24, 2.45) is 0 Å². The maximum Gasteiger partial charge on any atom is 0.227 e. The second-order valence-corrected chi connectivity index (χ2v) is 6.38. The van der Waals surface area contributed by atoms with Gasteiger partial charge in [-0.15, -0.1) is 0 Å². The predicted octanol–water partition coefficient (Wildman–Crippen LogP) is 3.60. The fourth-order valence-corrected chi connectivity index (χ4v) is 2.56. The highest BCUT2D eigenvalue weighted by atomic mass is 16.5. The van der Waals surface area contributed by atoms with E-state index in [4.69, 9.17) is 14.0 Å². The Morgan fingerprint density at radius 3 is 2.76 bits per heavy atom. The molecule has 1 amide bonds. The Kier molecular flexibility index (Phi) is 7.16. The molecule has 0 spiro atoms. The van der Waals surface area contributed by atoms with Crippen molar-refractivity contribution in [3.05, 3.63) is 59.9 Å². The van der Waals surface area contributed by atoms with Gasteiger partial charge in [-0.25, -0.2) is 4.98 Å². The van der Waals surface area contributed by atoms with Gasteiger partial charge in [-0.3, -0.25) is 4.79 Å². The van der Waals surface area contributed by atoms with Gasteiger partial charge in [0.15, 0.2) is 17.3 Å². The van der Waals surface area contributed by atoms with Gasteiger partial charge < -0.3 is 19.3 Å². The molecule has 0 atom stereocenters. The molecule has 0 saturated heterocycles. The maximum atomic E-state index is 12.2. The number of rotatable bonds is 10. The topological polar surface area (TPSA) is 99.4 Å². The fourth-order valence-electron chi connectivity index (χ4n) is 2.56. The van der Waals surface area contributed by atoms with Gasteiger partial charge in [0.05, 0.1) is 6.61 Å². The van der Waals surface area contributed by atoms with Crippen LogP contribution in [0.4, 0.5) is 0 Å². The van der Waals surface area contributed by atoms with Crippen LogP contribution in [-0.4, -0.2) is 27.6 Å². The summed E-state index contributed by atoms with van der Waals surface area (Å²) in [5.74, 6) is 2.55. The number of aromatic nitrogens is 3. The Balaban J connectivity index is 1.60. The standard InChI is InChI=1S/C21H24N4O4/c1-3-13-27-17-8-4-5-9-18(17)28-21-16(7-6-12-22-21)14-23-19(26)10-11-20-24-15(2)25-29-20/h4-9,12H,3,10-11,13-14H2,1-2H3,(H,23,26). The van der Waals surface area contributed by atoms with Crippen molar-refractivity contribution < 1.29 is 18.8 Å². The number of benzene rings is 1. The molecule has 8 heteroatoms. The molecular weight excluding hydrogens is 372 g/mol. The van der Waals surface area contributed by atoms with E-state index in [-0.39, 0.29) is 12.3 Å². The van der Waals surface area contributed by atoms with Gasteiger partial charge in [-0.05, 0) is 31.5 Å². The molecule has 0 aliphatic carbocycles.